The van der Waals surface area contributed by atoms with Gasteiger partial charge in [-0.15, -0.1) is 0 Å². The molecule has 3 aliphatic rings. The third-order valence-electron chi connectivity index (χ3n) is 5.33. The number of hydrogen-bond acceptors (Lipinski definition) is 7. The minimum absolute atomic E-state index is 0.00231. The number of esters is 1. The molecule has 0 radical (unpaired) electrons. The summed E-state index contributed by atoms with van der Waals surface area (Å²) in [5, 5.41) is 16.4. The van der Waals surface area contributed by atoms with Crippen LogP contribution in [0.15, 0.2) is 0 Å². The molecule has 2 heterocycles. The van der Waals surface area contributed by atoms with Gasteiger partial charge in [-0.25, -0.2) is 4.79 Å². The summed E-state index contributed by atoms with van der Waals surface area (Å²) in [6, 6.07) is 0. The van der Waals surface area contributed by atoms with Gasteiger partial charge in [0.25, 0.3) is 0 Å². The first-order chi connectivity index (χ1) is 16.9. The van der Waals surface area contributed by atoms with Crippen molar-refractivity contribution in [3.8, 4) is 0 Å². The number of carbonyl (C=O) groups excluding carboxylic acids is 2. The number of rotatable bonds is 4. The lowest BCUT2D eigenvalue weighted by molar-refractivity contribution is -0.141. The Morgan fingerprint density at radius 2 is 1.14 bits per heavy atom. The summed E-state index contributed by atoms with van der Waals surface area (Å²) in [6.45, 7) is 21.0. The Morgan fingerprint density at radius 1 is 0.686 bits per heavy atom. The van der Waals surface area contributed by atoms with Gasteiger partial charge >= 0.3 is 12.1 Å². The average molecular weight is 509 g/mol. The Hall–Kier alpha value is -1.34. The van der Waals surface area contributed by atoms with E-state index in [2.05, 4.69) is 16.4 Å². The zero-order valence-electron chi connectivity index (χ0n) is 24.7. The standard InChI is InChI=1S/C9H18O.C6H10O2.C5H8O3.C2H6O.3C2H6/c1-2-8-3-5-9(7-10)6-4-8;1-2-5-3-4-6(7)8-5;1-2-4-3-7-5(6)8-4;1-2-3;3*1-2/h8-10H,2-7H2,1H3;5H,2-4H2,1H3;4H,2-3H2,1H3;3H,2H2,1H3;3*1-2H3. The maximum Gasteiger partial charge on any atom is 0.508 e. The van der Waals surface area contributed by atoms with Crippen molar-refractivity contribution in [2.24, 2.45) is 11.8 Å². The van der Waals surface area contributed by atoms with E-state index in [0.717, 1.165) is 25.2 Å². The normalized spacial score (nSPS) is 23.4. The van der Waals surface area contributed by atoms with Crippen LogP contribution in [0.3, 0.4) is 0 Å². The van der Waals surface area contributed by atoms with Gasteiger partial charge in [0.15, 0.2) is 0 Å². The largest absolute Gasteiger partial charge is 0.508 e. The maximum atomic E-state index is 10.4. The molecule has 0 aromatic carbocycles. The predicted molar refractivity (Wildman–Crippen MR) is 146 cm³/mol. The van der Waals surface area contributed by atoms with E-state index in [4.69, 9.17) is 14.9 Å². The second-order valence-electron chi connectivity index (χ2n) is 7.56. The molecule has 2 aliphatic heterocycles. The van der Waals surface area contributed by atoms with E-state index in [1.807, 2.05) is 55.4 Å². The molecule has 1 saturated carbocycles. The van der Waals surface area contributed by atoms with Gasteiger partial charge < -0.3 is 24.4 Å². The minimum Gasteiger partial charge on any atom is -0.462 e. The Labute approximate surface area is 217 Å². The first-order valence-corrected chi connectivity index (χ1v) is 14.2. The number of aliphatic hydroxyl groups excluding tert-OH is 2. The Kier molecular flexibility index (Phi) is 38.1. The number of hydrogen-bond donors (Lipinski definition) is 2. The summed E-state index contributed by atoms with van der Waals surface area (Å²) >= 11 is 0. The van der Waals surface area contributed by atoms with Crippen LogP contribution >= 0.6 is 0 Å². The molecule has 0 aromatic rings. The van der Waals surface area contributed by atoms with Gasteiger partial charge in [0.05, 0.1) is 0 Å². The van der Waals surface area contributed by atoms with Gasteiger partial charge in [-0.05, 0) is 50.9 Å². The highest BCUT2D eigenvalue weighted by Gasteiger charge is 2.22. The molecule has 2 atom stereocenters. The van der Waals surface area contributed by atoms with Gasteiger partial charge in [0, 0.05) is 19.6 Å². The topological polar surface area (TPSA) is 102 Å². The minimum atomic E-state index is -0.531. The van der Waals surface area contributed by atoms with E-state index >= 15 is 0 Å². The van der Waals surface area contributed by atoms with Gasteiger partial charge in [0.1, 0.15) is 18.8 Å². The molecule has 7 nitrogen and oxygen atoms in total. The lowest BCUT2D eigenvalue weighted by Crippen LogP contribution is -2.16. The fourth-order valence-electron chi connectivity index (χ4n) is 3.26. The smallest absolute Gasteiger partial charge is 0.462 e. The molecule has 1 aliphatic carbocycles. The van der Waals surface area contributed by atoms with E-state index in [1.165, 1.54) is 32.1 Å². The second kappa shape index (κ2) is 32.7. The van der Waals surface area contributed by atoms with Crippen LogP contribution in [0.5, 0.6) is 0 Å². The van der Waals surface area contributed by atoms with Crippen LogP contribution in [0.2, 0.25) is 0 Å². The molecular formula is C28H60O7. The lowest BCUT2D eigenvalue weighted by atomic mass is 9.81. The Bertz CT molecular complexity index is 384. The van der Waals surface area contributed by atoms with Crippen molar-refractivity contribution < 1.29 is 34.0 Å². The van der Waals surface area contributed by atoms with Crippen LogP contribution in [0, 0.1) is 11.8 Å². The number of aliphatic hydroxyl groups is 2. The summed E-state index contributed by atoms with van der Waals surface area (Å²) < 4.78 is 14.0. The number of cyclic esters (lactones) is 3. The molecule has 0 aromatic heterocycles. The summed E-state index contributed by atoms with van der Waals surface area (Å²) in [5.41, 5.74) is 0. The van der Waals surface area contributed by atoms with Crippen LogP contribution in [0.25, 0.3) is 0 Å². The van der Waals surface area contributed by atoms with E-state index in [9.17, 15) is 9.59 Å². The summed E-state index contributed by atoms with van der Waals surface area (Å²) in [7, 11) is 0. The third kappa shape index (κ3) is 25.6. The number of ether oxygens (including phenoxy) is 3. The first kappa shape index (κ1) is 40.8. The highest BCUT2D eigenvalue weighted by Crippen LogP contribution is 2.29. The van der Waals surface area contributed by atoms with Crippen molar-refractivity contribution in [1.82, 2.24) is 0 Å². The van der Waals surface area contributed by atoms with Crippen LogP contribution in [-0.2, 0) is 19.0 Å². The molecule has 2 saturated heterocycles. The fourth-order valence-corrected chi connectivity index (χ4v) is 3.26. The molecule has 2 unspecified atom stereocenters. The maximum absolute atomic E-state index is 10.4. The summed E-state index contributed by atoms with van der Waals surface area (Å²) in [5.74, 6) is 1.56. The van der Waals surface area contributed by atoms with Gasteiger partial charge in [0.2, 0.25) is 0 Å². The molecule has 2 N–H and O–H groups in total. The van der Waals surface area contributed by atoms with E-state index in [1.54, 1.807) is 6.92 Å². The van der Waals surface area contributed by atoms with Gasteiger partial charge in [-0.3, -0.25) is 4.79 Å². The molecule has 35 heavy (non-hydrogen) atoms. The van der Waals surface area contributed by atoms with Crippen molar-refractivity contribution >= 4 is 12.1 Å². The van der Waals surface area contributed by atoms with Crippen molar-refractivity contribution in [2.75, 3.05) is 19.8 Å². The van der Waals surface area contributed by atoms with Crippen molar-refractivity contribution in [3.63, 3.8) is 0 Å². The molecule has 3 rings (SSSR count). The third-order valence-corrected chi connectivity index (χ3v) is 5.33. The van der Waals surface area contributed by atoms with Crippen LogP contribution in [0.1, 0.15) is 127 Å². The van der Waals surface area contributed by atoms with E-state index < -0.39 is 6.16 Å². The van der Waals surface area contributed by atoms with Crippen molar-refractivity contribution in [2.45, 2.75) is 139 Å². The van der Waals surface area contributed by atoms with Crippen molar-refractivity contribution in [3.05, 3.63) is 0 Å². The highest BCUT2D eigenvalue weighted by molar-refractivity contribution is 5.71. The first-order valence-electron chi connectivity index (χ1n) is 14.2. The lowest BCUT2D eigenvalue weighted by Gasteiger charge is -2.26. The molecule has 0 spiro atoms. The Morgan fingerprint density at radius 3 is 1.37 bits per heavy atom. The molecule has 7 heteroatoms. The zero-order valence-corrected chi connectivity index (χ0v) is 24.7. The predicted octanol–water partition coefficient (Wildman–Crippen LogP) is 7.31. The monoisotopic (exact) mass is 508 g/mol. The highest BCUT2D eigenvalue weighted by atomic mass is 16.8. The Balaban J connectivity index is -0.000000178. The quantitative estimate of drug-likeness (QED) is 0.384. The van der Waals surface area contributed by atoms with Crippen LogP contribution in [0.4, 0.5) is 4.79 Å². The van der Waals surface area contributed by atoms with Crippen LogP contribution in [-0.4, -0.2) is 54.4 Å². The zero-order chi connectivity index (χ0) is 28.1. The van der Waals surface area contributed by atoms with Crippen molar-refractivity contribution in [1.29, 1.82) is 0 Å². The van der Waals surface area contributed by atoms with E-state index in [-0.39, 0.29) is 24.8 Å². The van der Waals surface area contributed by atoms with Crippen LogP contribution < -0.4 is 0 Å². The molecule has 3 fully saturated rings. The SMILES string of the molecule is CC.CC.CC.CCC1CCC(=O)O1.CCC1CCC(CO)CC1.CCC1COC(=O)O1.CCO. The molecule has 0 amide bonds. The van der Waals surface area contributed by atoms with Gasteiger partial charge in [-0.1, -0.05) is 81.6 Å². The summed E-state index contributed by atoms with van der Waals surface area (Å²) in [6.07, 6.45) is 9.60. The van der Waals surface area contributed by atoms with Gasteiger partial charge in [-0.2, -0.15) is 0 Å². The molecule has 214 valence electrons. The van der Waals surface area contributed by atoms with E-state index in [0.29, 0.717) is 25.6 Å². The second-order valence-corrected chi connectivity index (χ2v) is 7.56. The fraction of sp³-hybridized carbons (Fsp3) is 0.929. The number of carbonyl (C=O) groups is 2. The average Bonchev–Trinajstić information content (AvgIpc) is 3.56. The summed E-state index contributed by atoms with van der Waals surface area (Å²) in [4.78, 5) is 20.6. The molecule has 0 bridgehead atoms. The molecular weight excluding hydrogens is 448 g/mol.